The van der Waals surface area contributed by atoms with Crippen molar-refractivity contribution in [2.45, 2.75) is 19.8 Å². The number of hydrogen-bond acceptors (Lipinski definition) is 2. The molecule has 6 heteroatoms. The molecule has 0 radical (unpaired) electrons. The minimum atomic E-state index is -3.04. The topological polar surface area (TPSA) is 37.4 Å². The van der Waals surface area contributed by atoms with E-state index in [-0.39, 0.29) is 24.2 Å². The van der Waals surface area contributed by atoms with Crippen LogP contribution in [0.2, 0.25) is 0 Å². The summed E-state index contributed by atoms with van der Waals surface area (Å²) in [5.41, 5.74) is 0. The molecule has 0 aromatic rings. The lowest BCUT2D eigenvalue weighted by Crippen LogP contribution is -2.40. The van der Waals surface area contributed by atoms with Crippen molar-refractivity contribution in [3.8, 4) is 0 Å². The number of rotatable bonds is 6. The molecule has 0 aliphatic carbocycles. The molecule has 0 rings (SSSR count). The molecule has 0 aliphatic rings. The van der Waals surface area contributed by atoms with Gasteiger partial charge in [-0.3, -0.25) is 9.59 Å². The maximum Gasteiger partial charge on any atom is 0.315 e. The van der Waals surface area contributed by atoms with E-state index in [0.29, 0.717) is 6.42 Å². The molecule has 0 heterocycles. The monoisotopic (exact) mass is 271 g/mol. The van der Waals surface area contributed by atoms with E-state index < -0.39 is 12.3 Å². The molecule has 0 bridgehead atoms. The number of nitrogens with zero attached hydrogens (tertiary/aromatic N) is 1. The first kappa shape index (κ1) is 13.5. The van der Waals surface area contributed by atoms with E-state index in [2.05, 4.69) is 15.9 Å². The fourth-order valence-corrected chi connectivity index (χ4v) is 1.11. The lowest BCUT2D eigenvalue weighted by atomic mass is 10.3. The molecule has 0 spiro atoms. The highest BCUT2D eigenvalue weighted by Crippen LogP contribution is 2.02. The molecule has 1 amide bonds. The summed E-state index contributed by atoms with van der Waals surface area (Å²) in [6.07, 6.45) is -2.49. The molecule has 0 saturated carbocycles. The van der Waals surface area contributed by atoms with Gasteiger partial charge in [0.05, 0.1) is 11.9 Å². The summed E-state index contributed by atoms with van der Waals surface area (Å²) in [4.78, 5) is 22.7. The summed E-state index contributed by atoms with van der Waals surface area (Å²) in [7, 11) is 0. The average Bonchev–Trinajstić information content (AvgIpc) is 2.15. The number of halogens is 3. The van der Waals surface area contributed by atoms with Crippen molar-refractivity contribution in [2.24, 2.45) is 0 Å². The molecule has 0 aromatic heterocycles. The fourth-order valence-electron chi connectivity index (χ4n) is 0.930. The first-order valence-corrected chi connectivity index (χ1v) is 5.29. The third-order valence-electron chi connectivity index (χ3n) is 1.51. The van der Waals surface area contributed by atoms with Gasteiger partial charge in [-0.15, -0.1) is 0 Å². The van der Waals surface area contributed by atoms with Crippen molar-refractivity contribution < 1.29 is 18.4 Å². The molecule has 14 heavy (non-hydrogen) atoms. The molecule has 0 aromatic carbocycles. The van der Waals surface area contributed by atoms with Crippen LogP contribution in [0.4, 0.5) is 8.78 Å². The molecule has 0 saturated heterocycles. The highest BCUT2D eigenvalue weighted by atomic mass is 79.9. The van der Waals surface area contributed by atoms with Crippen molar-refractivity contribution in [1.82, 2.24) is 4.90 Å². The smallest absolute Gasteiger partial charge is 0.315 e. The summed E-state index contributed by atoms with van der Waals surface area (Å²) in [6.45, 7) is 1.69. The molecule has 0 N–H and O–H groups in total. The van der Waals surface area contributed by atoms with E-state index in [4.69, 9.17) is 0 Å². The van der Waals surface area contributed by atoms with Gasteiger partial charge in [0.1, 0.15) is 0 Å². The van der Waals surface area contributed by atoms with E-state index in [1.54, 1.807) is 6.92 Å². The van der Waals surface area contributed by atoms with Crippen molar-refractivity contribution in [3.05, 3.63) is 0 Å². The molecule has 0 atom stereocenters. The summed E-state index contributed by atoms with van der Waals surface area (Å²) in [5, 5.41) is 0.0731. The summed E-state index contributed by atoms with van der Waals surface area (Å²) < 4.78 is 24.1. The summed E-state index contributed by atoms with van der Waals surface area (Å²) >= 11 is 2.91. The third kappa shape index (κ3) is 4.64. The molecule has 82 valence electrons. The quantitative estimate of drug-likeness (QED) is 0.686. The number of alkyl halides is 3. The van der Waals surface area contributed by atoms with Crippen LogP contribution in [0.5, 0.6) is 0 Å². The largest absolute Gasteiger partial charge is 0.330 e. The van der Waals surface area contributed by atoms with Crippen molar-refractivity contribution in [3.63, 3.8) is 0 Å². The Kier molecular flexibility index (Phi) is 6.61. The lowest BCUT2D eigenvalue weighted by molar-refractivity contribution is -0.144. The van der Waals surface area contributed by atoms with Crippen LogP contribution >= 0.6 is 15.9 Å². The van der Waals surface area contributed by atoms with Gasteiger partial charge in [-0.1, -0.05) is 22.9 Å². The Morgan fingerprint density at radius 2 is 2.00 bits per heavy atom. The van der Waals surface area contributed by atoms with Gasteiger partial charge in [0.25, 0.3) is 5.91 Å². The number of Topliss-reactive ketones (excluding diaryl/α,β-unsaturated/α-hetero) is 1. The fraction of sp³-hybridized carbons (Fsp3) is 0.750. The van der Waals surface area contributed by atoms with Gasteiger partial charge >= 0.3 is 6.43 Å². The Morgan fingerprint density at radius 1 is 1.43 bits per heavy atom. The third-order valence-corrected chi connectivity index (χ3v) is 2.13. The highest BCUT2D eigenvalue weighted by molar-refractivity contribution is 9.09. The minimum Gasteiger partial charge on any atom is -0.330 e. The first-order chi connectivity index (χ1) is 6.52. The zero-order chi connectivity index (χ0) is 11.1. The number of hydrogen-bond donors (Lipinski definition) is 0. The van der Waals surface area contributed by atoms with Crippen LogP contribution in [-0.2, 0) is 9.59 Å². The van der Waals surface area contributed by atoms with Crippen LogP contribution in [-0.4, -0.2) is 41.4 Å². The van der Waals surface area contributed by atoms with Gasteiger partial charge in [-0.2, -0.15) is 8.78 Å². The van der Waals surface area contributed by atoms with Gasteiger partial charge in [0, 0.05) is 6.54 Å². The predicted molar refractivity (Wildman–Crippen MR) is 51.7 cm³/mol. The minimum absolute atomic E-state index is 0.0731. The number of carbonyl (C=O) groups excluding carboxylic acids is 2. The van der Waals surface area contributed by atoms with E-state index in [1.165, 1.54) is 0 Å². The Balaban J connectivity index is 4.28. The van der Waals surface area contributed by atoms with Crippen LogP contribution in [0, 0.1) is 0 Å². The van der Waals surface area contributed by atoms with E-state index in [0.717, 1.165) is 4.90 Å². The normalized spacial score (nSPS) is 10.4. The Hall–Kier alpha value is -0.520. The van der Waals surface area contributed by atoms with E-state index in [1.807, 2.05) is 0 Å². The van der Waals surface area contributed by atoms with Crippen LogP contribution < -0.4 is 0 Å². The van der Waals surface area contributed by atoms with Gasteiger partial charge in [0.2, 0.25) is 0 Å². The van der Waals surface area contributed by atoms with Crippen LogP contribution in [0.25, 0.3) is 0 Å². The SMILES string of the molecule is CCCN(CC(=O)CBr)C(=O)C(F)F. The number of amides is 1. The summed E-state index contributed by atoms with van der Waals surface area (Å²) in [6, 6.07) is 0. The maximum atomic E-state index is 12.0. The van der Waals surface area contributed by atoms with Crippen LogP contribution in [0.3, 0.4) is 0 Å². The second-order valence-corrected chi connectivity index (χ2v) is 3.29. The zero-order valence-corrected chi connectivity index (χ0v) is 9.39. The van der Waals surface area contributed by atoms with Crippen molar-refractivity contribution in [2.75, 3.05) is 18.4 Å². The van der Waals surface area contributed by atoms with Crippen molar-refractivity contribution in [1.29, 1.82) is 0 Å². The van der Waals surface area contributed by atoms with Crippen molar-refractivity contribution >= 4 is 27.6 Å². The number of ketones is 1. The Morgan fingerprint density at radius 3 is 2.36 bits per heavy atom. The Bertz CT molecular complexity index is 212. The standard InChI is InChI=1S/C8H12BrF2NO2/c1-2-3-12(5-6(13)4-9)8(14)7(10)11/h7H,2-5H2,1H3. The molecular formula is C8H12BrF2NO2. The second-order valence-electron chi connectivity index (χ2n) is 2.73. The van der Waals surface area contributed by atoms with Gasteiger partial charge in [-0.05, 0) is 6.42 Å². The summed E-state index contributed by atoms with van der Waals surface area (Å²) in [5.74, 6) is -1.56. The molecule has 3 nitrogen and oxygen atoms in total. The van der Waals surface area contributed by atoms with Gasteiger partial charge < -0.3 is 4.90 Å². The zero-order valence-electron chi connectivity index (χ0n) is 7.80. The van der Waals surface area contributed by atoms with E-state index >= 15 is 0 Å². The number of carbonyl (C=O) groups is 2. The highest BCUT2D eigenvalue weighted by Gasteiger charge is 2.23. The average molecular weight is 272 g/mol. The van der Waals surface area contributed by atoms with Gasteiger partial charge in [-0.25, -0.2) is 0 Å². The van der Waals surface area contributed by atoms with Crippen LogP contribution in [0.1, 0.15) is 13.3 Å². The molecule has 0 aliphatic heterocycles. The Labute approximate surface area is 89.6 Å². The molecule has 0 unspecified atom stereocenters. The predicted octanol–water partition coefficient (Wildman–Crippen LogP) is 1.45. The molecular weight excluding hydrogens is 260 g/mol. The van der Waals surface area contributed by atoms with Crippen LogP contribution in [0.15, 0.2) is 0 Å². The van der Waals surface area contributed by atoms with Gasteiger partial charge in [0.15, 0.2) is 5.78 Å². The van der Waals surface area contributed by atoms with E-state index in [9.17, 15) is 18.4 Å². The maximum absolute atomic E-state index is 12.0. The second kappa shape index (κ2) is 6.86. The first-order valence-electron chi connectivity index (χ1n) is 4.17. The lowest BCUT2D eigenvalue weighted by Gasteiger charge is -2.20. The molecule has 0 fully saturated rings.